The summed E-state index contributed by atoms with van der Waals surface area (Å²) in [5, 5.41) is 10.6. The summed E-state index contributed by atoms with van der Waals surface area (Å²) in [5.74, 6) is 0.120. The lowest BCUT2D eigenvalue weighted by molar-refractivity contribution is 0.336. The molecular weight excluding hydrogens is 312 g/mol. The largest absolute Gasteiger partial charge is 0.479 e. The van der Waals surface area contributed by atoms with Crippen LogP contribution in [-0.4, -0.2) is 16.3 Å². The van der Waals surface area contributed by atoms with Crippen LogP contribution in [-0.2, 0) is 0 Å². The molecule has 1 aromatic heterocycles. The monoisotopic (exact) mass is 322 g/mol. The van der Waals surface area contributed by atoms with Gasteiger partial charge in [0.15, 0.2) is 0 Å². The second-order valence-corrected chi connectivity index (χ2v) is 5.53. The summed E-state index contributed by atoms with van der Waals surface area (Å²) in [7, 11) is 0. The summed E-state index contributed by atoms with van der Waals surface area (Å²) in [6.45, 7) is 0. The van der Waals surface area contributed by atoms with E-state index in [4.69, 9.17) is 16.0 Å². The number of allylic oxidation sites excluding steroid dienone is 1. The molecule has 4 rings (SSSR count). The smallest absolute Gasteiger partial charge is 0.310 e. The van der Waals surface area contributed by atoms with Crippen molar-refractivity contribution in [3.8, 4) is 17.4 Å². The highest BCUT2D eigenvalue weighted by atomic mass is 35.5. The van der Waals surface area contributed by atoms with Gasteiger partial charge in [-0.05, 0) is 36.4 Å². The van der Waals surface area contributed by atoms with Crippen LogP contribution in [0.2, 0.25) is 5.02 Å². The van der Waals surface area contributed by atoms with E-state index in [0.717, 1.165) is 22.4 Å². The zero-order chi connectivity index (χ0) is 15.8. The second-order valence-electron chi connectivity index (χ2n) is 5.09. The van der Waals surface area contributed by atoms with Gasteiger partial charge >= 0.3 is 5.95 Å². The van der Waals surface area contributed by atoms with E-state index < -0.39 is 0 Å². The first-order valence-corrected chi connectivity index (χ1v) is 7.39. The first-order chi connectivity index (χ1) is 11.2. The Bertz CT molecular complexity index is 940. The summed E-state index contributed by atoms with van der Waals surface area (Å²) in [6, 6.07) is 14.9. The molecule has 0 saturated carbocycles. The maximum Gasteiger partial charge on any atom is 0.310 e. The van der Waals surface area contributed by atoms with Crippen molar-refractivity contribution >= 4 is 35.2 Å². The molecule has 0 fully saturated rings. The quantitative estimate of drug-likeness (QED) is 0.725. The summed E-state index contributed by atoms with van der Waals surface area (Å²) in [6.07, 6.45) is 3.51. The molecule has 1 aliphatic heterocycles. The fraction of sp³-hybridized carbons (Fsp3) is 0. The fourth-order valence-electron chi connectivity index (χ4n) is 2.44. The summed E-state index contributed by atoms with van der Waals surface area (Å²) < 4.78 is 5.35. The first-order valence-electron chi connectivity index (χ1n) is 7.01. The molecule has 2 aromatic carbocycles. The van der Waals surface area contributed by atoms with Crippen molar-refractivity contribution in [2.24, 2.45) is 4.99 Å². The number of hydrogen-bond donors (Lipinski definition) is 1. The number of rotatable bonds is 2. The van der Waals surface area contributed by atoms with Crippen LogP contribution in [0.3, 0.4) is 0 Å². The Morgan fingerprint density at radius 2 is 1.83 bits per heavy atom. The van der Waals surface area contributed by atoms with Crippen molar-refractivity contribution in [3.63, 3.8) is 0 Å². The van der Waals surface area contributed by atoms with Crippen molar-refractivity contribution in [2.75, 3.05) is 0 Å². The van der Waals surface area contributed by atoms with Gasteiger partial charge in [0.2, 0.25) is 5.89 Å². The molecule has 0 saturated heterocycles. The maximum absolute atomic E-state index is 10.0. The molecule has 0 bridgehead atoms. The zero-order valence-corrected chi connectivity index (χ0v) is 12.7. The average molecular weight is 323 g/mol. The number of nitrogens with zero attached hydrogens (tertiary/aromatic N) is 2. The minimum absolute atomic E-state index is 0.222. The first kappa shape index (κ1) is 13.8. The minimum atomic E-state index is -0.222. The summed E-state index contributed by atoms with van der Waals surface area (Å²) >= 11 is 5.87. The van der Waals surface area contributed by atoms with E-state index in [1.165, 1.54) is 0 Å². The van der Waals surface area contributed by atoms with Crippen molar-refractivity contribution < 1.29 is 9.52 Å². The van der Waals surface area contributed by atoms with Gasteiger partial charge in [-0.15, -0.1) is 0 Å². The number of oxazole rings is 1. The van der Waals surface area contributed by atoms with Gasteiger partial charge in [0, 0.05) is 27.9 Å². The van der Waals surface area contributed by atoms with E-state index in [1.54, 1.807) is 36.6 Å². The van der Waals surface area contributed by atoms with E-state index in [0.29, 0.717) is 16.6 Å². The molecule has 2 heterocycles. The maximum atomic E-state index is 10.0. The molecule has 112 valence electrons. The van der Waals surface area contributed by atoms with Gasteiger partial charge in [0.25, 0.3) is 0 Å². The number of hydrogen-bond acceptors (Lipinski definition) is 4. The third kappa shape index (κ3) is 2.53. The predicted molar refractivity (Wildman–Crippen MR) is 91.1 cm³/mol. The van der Waals surface area contributed by atoms with Gasteiger partial charge in [-0.2, -0.15) is 0 Å². The molecular formula is C18H11ClN2O2. The molecule has 0 aliphatic carbocycles. The summed E-state index contributed by atoms with van der Waals surface area (Å²) in [4.78, 5) is 8.68. The van der Waals surface area contributed by atoms with Crippen LogP contribution in [0, 0.1) is 0 Å². The Balaban J connectivity index is 1.73. The Morgan fingerprint density at radius 3 is 2.65 bits per heavy atom. The molecule has 5 heteroatoms. The van der Waals surface area contributed by atoms with E-state index >= 15 is 0 Å². The lowest BCUT2D eigenvalue weighted by Gasteiger charge is -1.97. The van der Waals surface area contributed by atoms with Crippen LogP contribution >= 0.6 is 11.6 Å². The van der Waals surface area contributed by atoms with Crippen molar-refractivity contribution in [2.45, 2.75) is 0 Å². The molecule has 0 spiro atoms. The van der Waals surface area contributed by atoms with Gasteiger partial charge in [-0.3, -0.25) is 4.99 Å². The van der Waals surface area contributed by atoms with Gasteiger partial charge in [-0.25, -0.2) is 4.98 Å². The van der Waals surface area contributed by atoms with E-state index in [9.17, 15) is 5.11 Å². The summed E-state index contributed by atoms with van der Waals surface area (Å²) in [5.41, 5.74) is 3.90. The average Bonchev–Trinajstić information content (AvgIpc) is 3.13. The van der Waals surface area contributed by atoms with Crippen LogP contribution in [0.4, 0.5) is 5.69 Å². The van der Waals surface area contributed by atoms with E-state index in [2.05, 4.69) is 9.98 Å². The third-order valence-corrected chi connectivity index (χ3v) is 3.83. The standard InChI is InChI=1S/C18H11ClN2O2/c19-13-7-5-11(6-8-13)17-21-16(18(22)23-17)9-12-10-20-15-4-2-1-3-14(12)15/h1-10,22H/b12-9+. The number of aromatic nitrogens is 1. The Kier molecular flexibility index (Phi) is 3.24. The minimum Gasteiger partial charge on any atom is -0.479 e. The molecule has 0 unspecified atom stereocenters. The van der Waals surface area contributed by atoms with Crippen molar-refractivity contribution in [1.82, 2.24) is 4.98 Å². The van der Waals surface area contributed by atoms with Gasteiger partial charge in [0.05, 0.1) is 5.69 Å². The number of fused-ring (bicyclic) bond motifs is 1. The van der Waals surface area contributed by atoms with Crippen LogP contribution in [0.1, 0.15) is 11.3 Å². The zero-order valence-electron chi connectivity index (χ0n) is 11.9. The van der Waals surface area contributed by atoms with E-state index in [-0.39, 0.29) is 5.95 Å². The third-order valence-electron chi connectivity index (χ3n) is 3.58. The topological polar surface area (TPSA) is 58.6 Å². The molecule has 0 atom stereocenters. The SMILES string of the molecule is Oc1oc(-c2ccc(Cl)cc2)nc1/C=C1\C=Nc2ccccc21. The number of halogens is 1. The van der Waals surface area contributed by atoms with Gasteiger partial charge in [-0.1, -0.05) is 29.8 Å². The van der Waals surface area contributed by atoms with Crippen LogP contribution < -0.4 is 0 Å². The number of benzene rings is 2. The lowest BCUT2D eigenvalue weighted by atomic mass is 10.1. The molecule has 3 aromatic rings. The number of aromatic hydroxyl groups is 1. The lowest BCUT2D eigenvalue weighted by Crippen LogP contribution is -1.82. The molecule has 1 N–H and O–H groups in total. The molecule has 0 radical (unpaired) electrons. The van der Waals surface area contributed by atoms with Gasteiger partial charge in [0.1, 0.15) is 5.69 Å². The van der Waals surface area contributed by atoms with Crippen LogP contribution in [0.25, 0.3) is 23.1 Å². The molecule has 23 heavy (non-hydrogen) atoms. The molecule has 0 amide bonds. The van der Waals surface area contributed by atoms with Crippen molar-refractivity contribution in [1.29, 1.82) is 0 Å². The highest BCUT2D eigenvalue weighted by Gasteiger charge is 2.16. The normalized spacial score (nSPS) is 14.4. The van der Waals surface area contributed by atoms with Crippen LogP contribution in [0.5, 0.6) is 5.95 Å². The second kappa shape index (κ2) is 5.41. The fourth-order valence-corrected chi connectivity index (χ4v) is 2.56. The predicted octanol–water partition coefficient (Wildman–Crippen LogP) is 4.96. The Labute approximate surface area is 137 Å². The molecule has 4 nitrogen and oxygen atoms in total. The van der Waals surface area contributed by atoms with Gasteiger partial charge < -0.3 is 9.52 Å². The van der Waals surface area contributed by atoms with E-state index in [1.807, 2.05) is 24.3 Å². The van der Waals surface area contributed by atoms with Crippen molar-refractivity contribution in [3.05, 3.63) is 64.8 Å². The number of para-hydroxylation sites is 1. The Morgan fingerprint density at radius 1 is 1.04 bits per heavy atom. The highest BCUT2D eigenvalue weighted by Crippen LogP contribution is 2.34. The Hall–Kier alpha value is -2.85. The highest BCUT2D eigenvalue weighted by molar-refractivity contribution is 6.30. The number of aliphatic imine (C=N–C) groups is 1. The molecule has 1 aliphatic rings. The van der Waals surface area contributed by atoms with Crippen LogP contribution in [0.15, 0.2) is 57.9 Å².